The summed E-state index contributed by atoms with van der Waals surface area (Å²) in [4.78, 5) is 26.5. The first kappa shape index (κ1) is 41.5. The van der Waals surface area contributed by atoms with Crippen molar-refractivity contribution in [3.63, 3.8) is 0 Å². The summed E-state index contributed by atoms with van der Waals surface area (Å²) in [7, 11) is 0. The zero-order chi connectivity index (χ0) is 37.7. The lowest BCUT2D eigenvalue weighted by molar-refractivity contribution is -0.239. The Morgan fingerprint density at radius 1 is 1.12 bits per heavy atom. The Kier molecular flexibility index (Phi) is 13.8. The molecular formula is C42H62O8. The van der Waals surface area contributed by atoms with Gasteiger partial charge in [0.2, 0.25) is 0 Å². The second-order valence-corrected chi connectivity index (χ2v) is 15.9. The number of Topliss-reactive ketones (excluding diaryl/α,β-unsaturated/α-hetero) is 1. The number of hydrogen-bond acceptors (Lipinski definition) is 8. The molecule has 8 nitrogen and oxygen atoms in total. The van der Waals surface area contributed by atoms with Crippen molar-refractivity contribution < 1.29 is 39.9 Å². The fourth-order valence-electron chi connectivity index (χ4n) is 8.56. The van der Waals surface area contributed by atoms with Crippen LogP contribution in [0.4, 0.5) is 0 Å². The van der Waals surface area contributed by atoms with Crippen molar-refractivity contribution in [2.75, 3.05) is 6.61 Å². The van der Waals surface area contributed by atoms with E-state index < -0.39 is 82.4 Å². The van der Waals surface area contributed by atoms with Gasteiger partial charge >= 0.3 is 5.97 Å². The highest BCUT2D eigenvalue weighted by Crippen LogP contribution is 2.69. The van der Waals surface area contributed by atoms with Crippen LogP contribution in [0.1, 0.15) is 104 Å². The zero-order valence-electron chi connectivity index (χ0n) is 31.4. The fourth-order valence-corrected chi connectivity index (χ4v) is 8.56. The predicted octanol–water partition coefficient (Wildman–Crippen LogP) is 6.52. The molecule has 0 aromatic heterocycles. The molecule has 0 bridgehead atoms. The standard InChI is InChI=1S/C42H62O8/c1-10-12-13-14-15-16-20-23-39(7,8)25-40(9)29(6)37(50-38(48)30-21-18-17-19-22-30)42(49,27(3)4)35(46)32(40)31-24-41(31,26-43)36(47)34(45)33(44)28(5)11-2/h11,15-23,29,31-32,34-37,43,45-47,49H,3,10,12-14,24-26H2,1-2,4-9H3/b16-15+,23-20+,28-11-/t29-,31+,32+,34-,35-,36+,37-,40-,41-,42-/m1/s1. The number of rotatable bonds is 17. The van der Waals surface area contributed by atoms with Crippen LogP contribution < -0.4 is 0 Å². The molecule has 278 valence electrons. The number of aliphatic hydroxyl groups excluding tert-OH is 4. The summed E-state index contributed by atoms with van der Waals surface area (Å²) < 4.78 is 6.15. The average Bonchev–Trinajstić information content (AvgIpc) is 3.82. The number of esters is 1. The minimum Gasteiger partial charge on any atom is -0.455 e. The molecular weight excluding hydrogens is 632 g/mol. The molecule has 1 aromatic carbocycles. The van der Waals surface area contributed by atoms with Gasteiger partial charge in [0, 0.05) is 11.3 Å². The number of ketones is 1. The van der Waals surface area contributed by atoms with E-state index in [9.17, 15) is 35.1 Å². The smallest absolute Gasteiger partial charge is 0.338 e. The van der Waals surface area contributed by atoms with E-state index in [0.29, 0.717) is 12.0 Å². The Balaban J connectivity index is 2.13. The SMILES string of the molecule is C=C(C)[C@@]1(O)[C@H](O)[C@H]([C@@H]2C[C@]2(CO)[C@@H](O)[C@H](O)C(=O)/C(C)=C\C)[C@](C)(CC(C)(C)/C=C/C=C/CCCCC)[C@H](C)[C@H]1OC(=O)c1ccccc1. The molecule has 0 saturated heterocycles. The third-order valence-corrected chi connectivity index (χ3v) is 11.9. The number of carbonyl (C=O) groups excluding carboxylic acids is 2. The molecule has 2 aliphatic carbocycles. The lowest BCUT2D eigenvalue weighted by Crippen LogP contribution is -2.69. The Labute approximate surface area is 299 Å². The van der Waals surface area contributed by atoms with E-state index >= 15 is 0 Å². The first-order valence-corrected chi connectivity index (χ1v) is 18.2. The van der Waals surface area contributed by atoms with Gasteiger partial charge in [-0.3, -0.25) is 4.79 Å². The highest BCUT2D eigenvalue weighted by molar-refractivity contribution is 5.98. The molecule has 2 fully saturated rings. The third kappa shape index (κ3) is 8.26. The first-order chi connectivity index (χ1) is 23.4. The van der Waals surface area contributed by atoms with Gasteiger partial charge in [-0.2, -0.15) is 0 Å². The van der Waals surface area contributed by atoms with Crippen molar-refractivity contribution in [2.45, 2.75) is 124 Å². The summed E-state index contributed by atoms with van der Waals surface area (Å²) in [5.41, 5.74) is -3.93. The summed E-state index contributed by atoms with van der Waals surface area (Å²) in [6.45, 7) is 18.5. The summed E-state index contributed by atoms with van der Waals surface area (Å²) in [6, 6.07) is 8.48. The Morgan fingerprint density at radius 2 is 1.76 bits per heavy atom. The molecule has 0 aliphatic heterocycles. The molecule has 3 rings (SSSR count). The van der Waals surface area contributed by atoms with Crippen LogP contribution in [0.15, 0.2) is 78.4 Å². The molecule has 2 saturated carbocycles. The molecule has 50 heavy (non-hydrogen) atoms. The fraction of sp³-hybridized carbons (Fsp3) is 0.619. The van der Waals surface area contributed by atoms with Crippen molar-refractivity contribution in [2.24, 2.45) is 34.0 Å². The van der Waals surface area contributed by atoms with Gasteiger partial charge in [0.25, 0.3) is 0 Å². The van der Waals surface area contributed by atoms with Gasteiger partial charge < -0.3 is 30.3 Å². The average molecular weight is 695 g/mol. The van der Waals surface area contributed by atoms with Crippen LogP contribution in [0.2, 0.25) is 0 Å². The van der Waals surface area contributed by atoms with E-state index in [1.165, 1.54) is 6.42 Å². The molecule has 10 atom stereocenters. The normalized spacial score (nSPS) is 33.0. The van der Waals surface area contributed by atoms with Gasteiger partial charge in [0.1, 0.15) is 17.8 Å². The van der Waals surface area contributed by atoms with Crippen LogP contribution in [-0.4, -0.2) is 73.9 Å². The Hall–Kier alpha value is -2.88. The molecule has 0 amide bonds. The molecule has 0 radical (unpaired) electrons. The summed E-state index contributed by atoms with van der Waals surface area (Å²) >= 11 is 0. The van der Waals surface area contributed by atoms with Gasteiger partial charge in [-0.25, -0.2) is 4.79 Å². The van der Waals surface area contributed by atoms with Gasteiger partial charge in [-0.1, -0.05) is 103 Å². The van der Waals surface area contributed by atoms with Crippen molar-refractivity contribution in [3.05, 3.63) is 84.0 Å². The van der Waals surface area contributed by atoms with E-state index in [0.717, 1.165) is 19.3 Å². The minimum atomic E-state index is -2.08. The van der Waals surface area contributed by atoms with Gasteiger partial charge in [0.05, 0.1) is 24.4 Å². The lowest BCUT2D eigenvalue weighted by atomic mass is 9.48. The van der Waals surface area contributed by atoms with Crippen LogP contribution in [0.25, 0.3) is 0 Å². The van der Waals surface area contributed by atoms with E-state index in [-0.39, 0.29) is 17.6 Å². The van der Waals surface area contributed by atoms with Crippen LogP contribution in [0.5, 0.6) is 0 Å². The monoisotopic (exact) mass is 694 g/mol. The maximum atomic E-state index is 13.5. The lowest BCUT2D eigenvalue weighted by Gasteiger charge is -2.60. The number of allylic oxidation sites excluding steroid dienone is 5. The molecule has 5 N–H and O–H groups in total. The van der Waals surface area contributed by atoms with Crippen molar-refractivity contribution in [3.8, 4) is 0 Å². The van der Waals surface area contributed by atoms with Crippen molar-refractivity contribution in [1.29, 1.82) is 0 Å². The van der Waals surface area contributed by atoms with E-state index in [1.54, 1.807) is 57.2 Å². The quantitative estimate of drug-likeness (QED) is 0.0408. The largest absolute Gasteiger partial charge is 0.455 e. The van der Waals surface area contributed by atoms with Crippen molar-refractivity contribution >= 4 is 11.8 Å². The number of aliphatic hydroxyl groups is 5. The summed E-state index contributed by atoms with van der Waals surface area (Å²) in [6.07, 6.45) is 8.87. The second kappa shape index (κ2) is 16.6. The second-order valence-electron chi connectivity index (χ2n) is 15.9. The molecule has 8 heteroatoms. The van der Waals surface area contributed by atoms with Crippen molar-refractivity contribution in [1.82, 2.24) is 0 Å². The van der Waals surface area contributed by atoms with Gasteiger partial charge in [-0.05, 0) is 92.4 Å². The number of unbranched alkanes of at least 4 members (excludes halogenated alkanes) is 3. The Morgan fingerprint density at radius 3 is 2.32 bits per heavy atom. The van der Waals surface area contributed by atoms with E-state index in [4.69, 9.17) is 4.74 Å². The van der Waals surface area contributed by atoms with E-state index in [2.05, 4.69) is 39.5 Å². The number of hydrogen-bond donors (Lipinski definition) is 5. The molecule has 1 aromatic rings. The molecule has 0 unspecified atom stereocenters. The van der Waals surface area contributed by atoms with E-state index in [1.807, 2.05) is 26.0 Å². The maximum absolute atomic E-state index is 13.5. The number of ether oxygens (including phenoxy) is 1. The topological polar surface area (TPSA) is 145 Å². The molecule has 2 aliphatic rings. The van der Waals surface area contributed by atoms with Gasteiger partial charge in [-0.15, -0.1) is 0 Å². The zero-order valence-corrected chi connectivity index (χ0v) is 31.4. The first-order valence-electron chi connectivity index (χ1n) is 18.2. The molecule has 0 spiro atoms. The predicted molar refractivity (Wildman–Crippen MR) is 197 cm³/mol. The summed E-state index contributed by atoms with van der Waals surface area (Å²) in [5.74, 6) is -3.22. The molecule has 0 heterocycles. The third-order valence-electron chi connectivity index (χ3n) is 11.9. The maximum Gasteiger partial charge on any atom is 0.338 e. The van der Waals surface area contributed by atoms with Crippen LogP contribution in [0, 0.1) is 34.0 Å². The number of benzene rings is 1. The number of carbonyl (C=O) groups is 2. The highest BCUT2D eigenvalue weighted by atomic mass is 16.6. The summed E-state index contributed by atoms with van der Waals surface area (Å²) in [5, 5.41) is 58.3. The van der Waals surface area contributed by atoms with Crippen LogP contribution >= 0.6 is 0 Å². The van der Waals surface area contributed by atoms with Crippen LogP contribution in [-0.2, 0) is 9.53 Å². The highest BCUT2D eigenvalue weighted by Gasteiger charge is 2.73. The van der Waals surface area contributed by atoms with Gasteiger partial charge in [0.15, 0.2) is 5.78 Å². The minimum absolute atomic E-state index is 0.200. The van der Waals surface area contributed by atoms with Crippen LogP contribution in [0.3, 0.4) is 0 Å². The Bertz CT molecular complexity index is 1430.